The molecule has 7 atom stereocenters. The number of hydrogen-bond donors (Lipinski definition) is 2. The van der Waals surface area contributed by atoms with Crippen LogP contribution >= 0.6 is 0 Å². The van der Waals surface area contributed by atoms with Gasteiger partial charge in [0, 0.05) is 24.7 Å². The molecular weight excluding hydrogens is 875 g/mol. The Balaban J connectivity index is 0.829. The van der Waals surface area contributed by atoms with Crippen molar-refractivity contribution in [2.45, 2.75) is 153 Å². The molecule has 12 rings (SSSR count). The van der Waals surface area contributed by atoms with Gasteiger partial charge in [-0.2, -0.15) is 0 Å². The highest BCUT2D eigenvalue weighted by Crippen LogP contribution is 2.49. The van der Waals surface area contributed by atoms with Gasteiger partial charge in [0.25, 0.3) is 0 Å². The topological polar surface area (TPSA) is 101 Å². The van der Waals surface area contributed by atoms with E-state index in [2.05, 4.69) is 161 Å². The molecule has 3 aliphatic carbocycles. The standard InChI is InChI=1S/C62H73N7O2/c1-62(2,3)46-28-30-47(31-29-46)69-52(44-26-32-48-50(38-44)65-58(63-48)54-24-14-36-67(54)60(70)56(42-20-10-11-21-42)40-16-6-4-7-17-40)34-35-53(69)45-27-33-49-51(39-45)66-59(64-49)55-25-15-37-68(55)61(71)57(43-22-12-13-23-43)41-18-8-5-9-19-41/h4-9,16-18,26-33,38-39,41-43,52-57H,10-15,19-25,34-37H2,1-3H3,(H,63,65)(H,64,66)/t41?,52-,53-,54+,55+,56?,57?/m1/s1. The normalized spacial score (nSPS) is 25.1. The summed E-state index contributed by atoms with van der Waals surface area (Å²) < 4.78 is 0. The van der Waals surface area contributed by atoms with Gasteiger partial charge in [0.05, 0.1) is 52.2 Å². The maximum absolute atomic E-state index is 14.7. The lowest BCUT2D eigenvalue weighted by atomic mass is 9.76. The Morgan fingerprint density at radius 2 is 1.15 bits per heavy atom. The molecule has 6 aromatic rings. The number of imidazole rings is 2. The fraction of sp³-hybridized carbons (Fsp3) is 0.484. The lowest BCUT2D eigenvalue weighted by molar-refractivity contribution is -0.140. The first kappa shape index (κ1) is 46.1. The van der Waals surface area contributed by atoms with E-state index in [1.807, 2.05) is 0 Å². The summed E-state index contributed by atoms with van der Waals surface area (Å²) in [5.41, 5.74) is 10.3. The predicted octanol–water partition coefficient (Wildman–Crippen LogP) is 14.1. The zero-order chi connectivity index (χ0) is 48.2. The number of carbonyl (C=O) groups is 2. The van der Waals surface area contributed by atoms with Crippen LogP contribution < -0.4 is 4.90 Å². The summed E-state index contributed by atoms with van der Waals surface area (Å²) in [7, 11) is 0. The van der Waals surface area contributed by atoms with E-state index in [1.54, 1.807) is 0 Å². The number of fused-ring (bicyclic) bond motifs is 2. The Bertz CT molecular complexity index is 2930. The van der Waals surface area contributed by atoms with Gasteiger partial charge >= 0.3 is 0 Å². The minimum Gasteiger partial charge on any atom is -0.357 e. The van der Waals surface area contributed by atoms with Crippen LogP contribution in [-0.4, -0.2) is 54.6 Å². The Morgan fingerprint density at radius 1 is 0.592 bits per heavy atom. The molecule has 2 saturated carbocycles. The zero-order valence-corrected chi connectivity index (χ0v) is 42.2. The summed E-state index contributed by atoms with van der Waals surface area (Å²) >= 11 is 0. The molecular formula is C62H73N7O2. The van der Waals surface area contributed by atoms with Crippen molar-refractivity contribution in [3.05, 3.63) is 149 Å². The van der Waals surface area contributed by atoms with Crippen LogP contribution in [0.15, 0.2) is 115 Å². The summed E-state index contributed by atoms with van der Waals surface area (Å²) in [4.78, 5) is 54.5. The minimum atomic E-state index is -0.0977. The smallest absolute Gasteiger partial charge is 0.231 e. The van der Waals surface area contributed by atoms with Crippen LogP contribution in [0.25, 0.3) is 22.1 Å². The quantitative estimate of drug-likeness (QED) is 0.135. The highest BCUT2D eigenvalue weighted by atomic mass is 16.2. The summed E-state index contributed by atoms with van der Waals surface area (Å²) in [6.45, 7) is 8.42. The van der Waals surface area contributed by atoms with Gasteiger partial charge < -0.3 is 24.7 Å². The van der Waals surface area contributed by atoms with Crippen molar-refractivity contribution < 1.29 is 9.59 Å². The van der Waals surface area contributed by atoms with Crippen molar-refractivity contribution in [2.24, 2.45) is 23.7 Å². The number of hydrogen-bond acceptors (Lipinski definition) is 5. The van der Waals surface area contributed by atoms with E-state index < -0.39 is 0 Å². The van der Waals surface area contributed by atoms with Gasteiger partial charge in [0.1, 0.15) is 11.6 Å². The van der Waals surface area contributed by atoms with Gasteiger partial charge in [-0.05, 0) is 152 Å². The highest BCUT2D eigenvalue weighted by molar-refractivity contribution is 5.85. The van der Waals surface area contributed by atoms with Crippen molar-refractivity contribution in [2.75, 3.05) is 18.0 Å². The Hall–Kier alpha value is -5.96. The molecule has 3 aliphatic heterocycles. The molecule has 2 amide bonds. The number of carbonyl (C=O) groups excluding carboxylic acids is 2. The van der Waals surface area contributed by atoms with Crippen molar-refractivity contribution in [3.63, 3.8) is 0 Å². The summed E-state index contributed by atoms with van der Waals surface area (Å²) in [6, 6.07) is 33.7. The van der Waals surface area contributed by atoms with Crippen LogP contribution in [0.2, 0.25) is 0 Å². The number of nitrogens with zero attached hydrogens (tertiary/aromatic N) is 5. The summed E-state index contributed by atoms with van der Waals surface area (Å²) in [5.74, 6) is 3.51. The average Bonchev–Trinajstić information content (AvgIpc) is 4.25. The Kier molecular flexibility index (Phi) is 12.5. The summed E-state index contributed by atoms with van der Waals surface area (Å²) in [5, 5.41) is 0. The number of aromatic nitrogens is 4. The maximum Gasteiger partial charge on any atom is 0.231 e. The molecule has 9 heteroatoms. The fourth-order valence-corrected chi connectivity index (χ4v) is 14.3. The van der Waals surface area contributed by atoms with E-state index in [0.29, 0.717) is 17.7 Å². The lowest BCUT2D eigenvalue weighted by Crippen LogP contribution is -2.41. The molecule has 3 saturated heterocycles. The van der Waals surface area contributed by atoms with Crippen molar-refractivity contribution >= 4 is 39.6 Å². The number of anilines is 1. The fourth-order valence-electron chi connectivity index (χ4n) is 14.3. The molecule has 6 aliphatic rings. The Morgan fingerprint density at radius 3 is 1.70 bits per heavy atom. The second kappa shape index (κ2) is 19.2. The van der Waals surface area contributed by atoms with Gasteiger partial charge in [0.15, 0.2) is 0 Å². The molecule has 2 aromatic heterocycles. The lowest BCUT2D eigenvalue weighted by Gasteiger charge is -2.35. The molecule has 3 unspecified atom stereocenters. The molecule has 0 radical (unpaired) electrons. The van der Waals surface area contributed by atoms with Gasteiger partial charge in [-0.15, -0.1) is 0 Å². The van der Waals surface area contributed by atoms with Crippen molar-refractivity contribution in [3.8, 4) is 0 Å². The first-order valence-corrected chi connectivity index (χ1v) is 27.5. The molecule has 0 spiro atoms. The Labute approximate surface area is 420 Å². The number of rotatable bonds is 11. The molecule has 368 valence electrons. The number of nitrogens with one attached hydrogen (secondary N) is 2. The van der Waals surface area contributed by atoms with E-state index in [0.717, 1.165) is 123 Å². The third-order valence-electron chi connectivity index (χ3n) is 17.9. The SMILES string of the molecule is CC(C)(C)c1ccc(N2[C@@H](c3ccc4nc([C@@H]5CCCN5C(=O)C(c5ccccc5)C5CCCC5)[nH]c4c3)CC[C@@H]2c2ccc3nc([C@@H]4CCCN4C(=O)C(C4C=CC=CC4)C4CCCC4)[nH]c3c2)cc1. The third-order valence-corrected chi connectivity index (χ3v) is 17.9. The number of benzene rings is 4. The van der Waals surface area contributed by atoms with Crippen LogP contribution in [0.4, 0.5) is 5.69 Å². The van der Waals surface area contributed by atoms with E-state index in [4.69, 9.17) is 9.97 Å². The van der Waals surface area contributed by atoms with E-state index in [-0.39, 0.29) is 53.2 Å². The van der Waals surface area contributed by atoms with E-state index in [1.165, 1.54) is 48.1 Å². The van der Waals surface area contributed by atoms with Crippen LogP contribution in [0.3, 0.4) is 0 Å². The average molecular weight is 948 g/mol. The van der Waals surface area contributed by atoms with Crippen molar-refractivity contribution in [1.29, 1.82) is 0 Å². The number of likely N-dealkylation sites (tertiary alicyclic amines) is 2. The van der Waals surface area contributed by atoms with Crippen LogP contribution in [0.5, 0.6) is 0 Å². The van der Waals surface area contributed by atoms with E-state index in [9.17, 15) is 9.59 Å². The first-order valence-electron chi connectivity index (χ1n) is 27.5. The molecule has 5 fully saturated rings. The molecule has 0 bridgehead atoms. The monoisotopic (exact) mass is 948 g/mol. The second-order valence-electron chi connectivity index (χ2n) is 23.2. The number of amides is 2. The third kappa shape index (κ3) is 8.83. The number of H-pyrrole nitrogens is 2. The van der Waals surface area contributed by atoms with E-state index >= 15 is 0 Å². The second-order valence-corrected chi connectivity index (χ2v) is 23.2. The largest absolute Gasteiger partial charge is 0.357 e. The van der Waals surface area contributed by atoms with Crippen LogP contribution in [0.1, 0.15) is 181 Å². The first-order chi connectivity index (χ1) is 34.7. The van der Waals surface area contributed by atoms with Crippen molar-refractivity contribution in [1.82, 2.24) is 29.7 Å². The molecule has 4 aromatic carbocycles. The van der Waals surface area contributed by atoms with Gasteiger partial charge in [-0.3, -0.25) is 9.59 Å². The molecule has 5 heterocycles. The number of aromatic amines is 2. The zero-order valence-electron chi connectivity index (χ0n) is 42.2. The molecule has 2 N–H and O–H groups in total. The number of allylic oxidation sites excluding steroid dienone is 4. The van der Waals surface area contributed by atoms with Gasteiger partial charge in [0.2, 0.25) is 11.8 Å². The van der Waals surface area contributed by atoms with Crippen LogP contribution in [0, 0.1) is 23.7 Å². The van der Waals surface area contributed by atoms with Crippen LogP contribution in [-0.2, 0) is 15.0 Å². The highest BCUT2D eigenvalue weighted by Gasteiger charge is 2.44. The maximum atomic E-state index is 14.7. The predicted molar refractivity (Wildman–Crippen MR) is 285 cm³/mol. The minimum absolute atomic E-state index is 0.0303. The summed E-state index contributed by atoms with van der Waals surface area (Å²) in [6.07, 6.45) is 25.1. The molecule has 71 heavy (non-hydrogen) atoms. The van der Waals surface area contributed by atoms with Gasteiger partial charge in [-0.25, -0.2) is 9.97 Å². The van der Waals surface area contributed by atoms with Gasteiger partial charge in [-0.1, -0.05) is 125 Å². The molecule has 9 nitrogen and oxygen atoms in total.